The molecule has 0 amide bonds. The molecule has 0 bridgehead atoms. The van der Waals surface area contributed by atoms with Crippen LogP contribution >= 0.6 is 0 Å². The van der Waals surface area contributed by atoms with Crippen LogP contribution in [0.3, 0.4) is 0 Å². The van der Waals surface area contributed by atoms with Crippen LogP contribution in [-0.2, 0) is 13.0 Å². The summed E-state index contributed by atoms with van der Waals surface area (Å²) in [7, 11) is 0. The van der Waals surface area contributed by atoms with Gasteiger partial charge >= 0.3 is 0 Å². The first-order valence-electron chi connectivity index (χ1n) is 9.28. The summed E-state index contributed by atoms with van der Waals surface area (Å²) < 4.78 is 5.92. The lowest BCUT2D eigenvalue weighted by molar-refractivity contribution is 0.122. The van der Waals surface area contributed by atoms with Crippen LogP contribution in [0.2, 0.25) is 0 Å². The Labute approximate surface area is 153 Å². The molecule has 4 heteroatoms. The summed E-state index contributed by atoms with van der Waals surface area (Å²) in [6.07, 6.45) is 1.10. The summed E-state index contributed by atoms with van der Waals surface area (Å²) in [5.41, 5.74) is 2.12. The van der Waals surface area contributed by atoms with Gasteiger partial charge in [-0.25, -0.2) is 0 Å². The molecule has 1 fully saturated rings. The Hall–Kier alpha value is -2.43. The van der Waals surface area contributed by atoms with Gasteiger partial charge in [-0.3, -0.25) is 9.69 Å². The quantitative estimate of drug-likeness (QED) is 0.710. The van der Waals surface area contributed by atoms with Gasteiger partial charge in [0.25, 0.3) is 0 Å². The van der Waals surface area contributed by atoms with E-state index in [4.69, 9.17) is 4.42 Å². The van der Waals surface area contributed by atoms with Crippen LogP contribution in [0.1, 0.15) is 11.3 Å². The van der Waals surface area contributed by atoms with Gasteiger partial charge in [0.2, 0.25) is 0 Å². The third kappa shape index (κ3) is 4.03. The van der Waals surface area contributed by atoms with Gasteiger partial charge in [0.15, 0.2) is 5.43 Å². The molecular weight excluding hydrogens is 324 g/mol. The third-order valence-electron chi connectivity index (χ3n) is 5.09. The monoisotopic (exact) mass is 348 g/mol. The molecule has 4 nitrogen and oxygen atoms in total. The fourth-order valence-corrected chi connectivity index (χ4v) is 3.56. The maximum Gasteiger partial charge on any atom is 0.192 e. The molecule has 1 saturated heterocycles. The molecule has 0 spiro atoms. The largest absolute Gasteiger partial charge is 0.459 e. The van der Waals surface area contributed by atoms with Crippen molar-refractivity contribution in [1.29, 1.82) is 0 Å². The van der Waals surface area contributed by atoms with E-state index in [9.17, 15) is 4.79 Å². The Balaban J connectivity index is 1.32. The van der Waals surface area contributed by atoms with Crippen molar-refractivity contribution in [3.63, 3.8) is 0 Å². The second kappa shape index (κ2) is 7.85. The zero-order chi connectivity index (χ0) is 17.8. The van der Waals surface area contributed by atoms with E-state index in [0.717, 1.165) is 44.9 Å². The minimum atomic E-state index is 0.0448. The van der Waals surface area contributed by atoms with Gasteiger partial charge in [-0.1, -0.05) is 42.5 Å². The number of para-hydroxylation sites is 1. The lowest BCUT2D eigenvalue weighted by Crippen LogP contribution is -2.46. The number of hydrogen-bond donors (Lipinski definition) is 0. The van der Waals surface area contributed by atoms with E-state index < -0.39 is 0 Å². The summed E-state index contributed by atoms with van der Waals surface area (Å²) in [4.78, 5) is 17.1. The molecule has 0 saturated carbocycles. The van der Waals surface area contributed by atoms with Crippen LogP contribution < -0.4 is 5.43 Å². The van der Waals surface area contributed by atoms with Gasteiger partial charge in [-0.05, 0) is 24.1 Å². The van der Waals surface area contributed by atoms with E-state index in [0.29, 0.717) is 17.5 Å². The van der Waals surface area contributed by atoms with Crippen LogP contribution in [0.25, 0.3) is 11.0 Å². The van der Waals surface area contributed by atoms with Crippen molar-refractivity contribution in [2.75, 3.05) is 32.7 Å². The first-order valence-corrected chi connectivity index (χ1v) is 9.28. The van der Waals surface area contributed by atoms with Gasteiger partial charge in [0, 0.05) is 38.8 Å². The second-order valence-electron chi connectivity index (χ2n) is 6.93. The lowest BCUT2D eigenvalue weighted by atomic mass is 10.1. The first-order chi connectivity index (χ1) is 12.8. The van der Waals surface area contributed by atoms with Crippen molar-refractivity contribution in [3.05, 3.63) is 82.2 Å². The van der Waals surface area contributed by atoms with Crippen LogP contribution in [0.5, 0.6) is 0 Å². The summed E-state index contributed by atoms with van der Waals surface area (Å²) in [5.74, 6) is 0.756. The molecule has 134 valence electrons. The van der Waals surface area contributed by atoms with Gasteiger partial charge in [0.1, 0.15) is 11.3 Å². The van der Waals surface area contributed by atoms with Crippen molar-refractivity contribution < 1.29 is 4.42 Å². The van der Waals surface area contributed by atoms with Crippen molar-refractivity contribution in [3.8, 4) is 0 Å². The number of piperazine rings is 1. The molecule has 3 aromatic rings. The summed E-state index contributed by atoms with van der Waals surface area (Å²) >= 11 is 0. The minimum Gasteiger partial charge on any atom is -0.459 e. The number of hydrogen-bond acceptors (Lipinski definition) is 4. The molecule has 0 N–H and O–H groups in total. The zero-order valence-corrected chi connectivity index (χ0v) is 14.9. The molecular formula is C22H24N2O2. The molecule has 0 atom stereocenters. The second-order valence-corrected chi connectivity index (χ2v) is 6.93. The van der Waals surface area contributed by atoms with Gasteiger partial charge in [-0.15, -0.1) is 0 Å². The average molecular weight is 348 g/mol. The highest BCUT2D eigenvalue weighted by atomic mass is 16.3. The van der Waals surface area contributed by atoms with Crippen LogP contribution in [0.4, 0.5) is 0 Å². The summed E-state index contributed by atoms with van der Waals surface area (Å²) in [6.45, 7) is 5.93. The molecule has 1 aromatic heterocycles. The van der Waals surface area contributed by atoms with Gasteiger partial charge < -0.3 is 9.32 Å². The average Bonchev–Trinajstić information content (AvgIpc) is 2.68. The van der Waals surface area contributed by atoms with Gasteiger partial charge in [-0.2, -0.15) is 0 Å². The predicted molar refractivity (Wildman–Crippen MR) is 104 cm³/mol. The van der Waals surface area contributed by atoms with Crippen LogP contribution in [0, 0.1) is 0 Å². The summed E-state index contributed by atoms with van der Waals surface area (Å²) in [5, 5.41) is 0.655. The van der Waals surface area contributed by atoms with E-state index in [1.54, 1.807) is 6.07 Å². The van der Waals surface area contributed by atoms with Crippen molar-refractivity contribution >= 4 is 11.0 Å². The van der Waals surface area contributed by atoms with E-state index in [1.807, 2.05) is 24.3 Å². The van der Waals surface area contributed by atoms with E-state index in [-0.39, 0.29) is 5.43 Å². The number of fused-ring (bicyclic) bond motifs is 1. The van der Waals surface area contributed by atoms with E-state index in [2.05, 4.69) is 40.1 Å². The molecule has 1 aliphatic heterocycles. The van der Waals surface area contributed by atoms with Gasteiger partial charge in [0.05, 0.1) is 11.9 Å². The molecule has 2 aromatic carbocycles. The highest BCUT2D eigenvalue weighted by Gasteiger charge is 2.18. The number of nitrogens with zero attached hydrogens (tertiary/aromatic N) is 2. The molecule has 2 heterocycles. The number of rotatable bonds is 5. The van der Waals surface area contributed by atoms with Crippen molar-refractivity contribution in [2.45, 2.75) is 13.0 Å². The molecule has 0 unspecified atom stereocenters. The summed E-state index contributed by atoms with van der Waals surface area (Å²) in [6, 6.07) is 19.7. The Morgan fingerprint density at radius 2 is 1.54 bits per heavy atom. The maximum absolute atomic E-state index is 12.2. The zero-order valence-electron chi connectivity index (χ0n) is 14.9. The first kappa shape index (κ1) is 17.0. The highest BCUT2D eigenvalue weighted by Crippen LogP contribution is 2.14. The topological polar surface area (TPSA) is 36.7 Å². The number of benzene rings is 2. The molecule has 4 rings (SSSR count). The molecule has 1 aliphatic rings. The van der Waals surface area contributed by atoms with E-state index >= 15 is 0 Å². The standard InChI is InChI=1S/C22H24N2O2/c25-21-16-19(26-22-9-5-4-8-20(21)22)17-24-14-12-23(13-15-24)11-10-18-6-2-1-3-7-18/h1-9,16H,10-15,17H2. The van der Waals surface area contributed by atoms with Crippen molar-refractivity contribution in [2.24, 2.45) is 0 Å². The van der Waals surface area contributed by atoms with Crippen LogP contribution in [-0.4, -0.2) is 42.5 Å². The normalized spacial score (nSPS) is 16.2. The lowest BCUT2D eigenvalue weighted by Gasteiger charge is -2.34. The molecule has 0 aliphatic carbocycles. The molecule has 0 radical (unpaired) electrons. The smallest absolute Gasteiger partial charge is 0.192 e. The Morgan fingerprint density at radius 3 is 2.35 bits per heavy atom. The molecule has 26 heavy (non-hydrogen) atoms. The maximum atomic E-state index is 12.2. The predicted octanol–water partition coefficient (Wildman–Crippen LogP) is 3.15. The minimum absolute atomic E-state index is 0.0448. The fourth-order valence-electron chi connectivity index (χ4n) is 3.56. The Morgan fingerprint density at radius 1 is 0.846 bits per heavy atom. The van der Waals surface area contributed by atoms with E-state index in [1.165, 1.54) is 5.56 Å². The van der Waals surface area contributed by atoms with Crippen LogP contribution in [0.15, 0.2) is 69.9 Å². The Bertz CT molecular complexity index is 912. The SMILES string of the molecule is O=c1cc(CN2CCN(CCc3ccccc3)CC2)oc2ccccc12. The Kier molecular flexibility index (Phi) is 5.14. The third-order valence-corrected chi connectivity index (χ3v) is 5.09. The fraction of sp³-hybridized carbons (Fsp3) is 0.318. The highest BCUT2D eigenvalue weighted by molar-refractivity contribution is 5.76. The van der Waals surface area contributed by atoms with Crippen molar-refractivity contribution in [1.82, 2.24) is 9.80 Å².